The molecule has 0 saturated carbocycles. The van der Waals surface area contributed by atoms with Crippen LogP contribution in [0.15, 0.2) is 30.5 Å². The average molecular weight is 278 g/mol. The quantitative estimate of drug-likeness (QED) is 0.901. The summed E-state index contributed by atoms with van der Waals surface area (Å²) in [6, 6.07) is 6.02. The van der Waals surface area contributed by atoms with E-state index in [0.717, 1.165) is 0 Å². The number of carbonyl (C=O) groups is 1. The van der Waals surface area contributed by atoms with Gasteiger partial charge in [0.05, 0.1) is 17.8 Å². The Kier molecular flexibility index (Phi) is 3.97. The van der Waals surface area contributed by atoms with Gasteiger partial charge in [-0.2, -0.15) is 0 Å². The molecule has 0 aliphatic rings. The number of nitrogens with zero attached hydrogens (tertiary/aromatic N) is 2. The topological polar surface area (TPSA) is 75.1 Å². The Labute approximate surface area is 115 Å². The Morgan fingerprint density at radius 2 is 2.21 bits per heavy atom. The average Bonchev–Trinajstić information content (AvgIpc) is 2.39. The lowest BCUT2D eigenvalue weighted by atomic mass is 10.2. The largest absolute Gasteiger partial charge is 0.507 e. The fraction of sp³-hybridized carbons (Fsp3) is 0.154. The number of aromatic hydroxyl groups is 1. The van der Waals surface area contributed by atoms with Crippen LogP contribution in [-0.4, -0.2) is 21.0 Å². The Morgan fingerprint density at radius 1 is 1.42 bits per heavy atom. The van der Waals surface area contributed by atoms with Gasteiger partial charge in [0.1, 0.15) is 11.6 Å². The van der Waals surface area contributed by atoms with Gasteiger partial charge in [0.25, 0.3) is 5.91 Å². The van der Waals surface area contributed by atoms with E-state index in [0.29, 0.717) is 16.5 Å². The standard InChI is InChI=1S/C13H12ClN3O2/c1-8-15-5-4-10(17-8)7-16-13(19)11-6-9(14)2-3-12(11)18/h2-6,18H,7H2,1H3,(H,16,19). The van der Waals surface area contributed by atoms with Gasteiger partial charge in [-0.25, -0.2) is 9.97 Å². The highest BCUT2D eigenvalue weighted by Gasteiger charge is 2.11. The molecule has 0 fully saturated rings. The molecular formula is C13H12ClN3O2. The molecule has 2 N–H and O–H groups in total. The van der Waals surface area contributed by atoms with E-state index in [1.54, 1.807) is 19.2 Å². The Morgan fingerprint density at radius 3 is 2.95 bits per heavy atom. The van der Waals surface area contributed by atoms with Gasteiger partial charge >= 0.3 is 0 Å². The van der Waals surface area contributed by atoms with E-state index in [1.807, 2.05) is 0 Å². The fourth-order valence-electron chi connectivity index (χ4n) is 1.56. The molecule has 2 aromatic rings. The van der Waals surface area contributed by atoms with Crippen molar-refractivity contribution in [2.45, 2.75) is 13.5 Å². The number of aromatic nitrogens is 2. The third-order valence-corrected chi connectivity index (χ3v) is 2.70. The predicted molar refractivity (Wildman–Crippen MR) is 71.1 cm³/mol. The number of phenols is 1. The molecule has 6 heteroatoms. The molecule has 1 aromatic carbocycles. The third-order valence-electron chi connectivity index (χ3n) is 2.47. The molecule has 1 aromatic heterocycles. The molecule has 0 spiro atoms. The Balaban J connectivity index is 2.07. The van der Waals surface area contributed by atoms with Crippen LogP contribution in [0.2, 0.25) is 5.02 Å². The van der Waals surface area contributed by atoms with E-state index in [4.69, 9.17) is 11.6 Å². The highest BCUT2D eigenvalue weighted by molar-refractivity contribution is 6.31. The van der Waals surface area contributed by atoms with Crippen molar-refractivity contribution in [3.8, 4) is 5.75 Å². The van der Waals surface area contributed by atoms with E-state index in [9.17, 15) is 9.90 Å². The van der Waals surface area contributed by atoms with Crippen LogP contribution in [-0.2, 0) is 6.54 Å². The van der Waals surface area contributed by atoms with Gasteiger partial charge in [0.2, 0.25) is 0 Å². The highest BCUT2D eigenvalue weighted by atomic mass is 35.5. The zero-order valence-electron chi connectivity index (χ0n) is 10.2. The first-order chi connectivity index (χ1) is 9.06. The summed E-state index contributed by atoms with van der Waals surface area (Å²) in [5.41, 5.74) is 0.834. The van der Waals surface area contributed by atoms with E-state index < -0.39 is 5.91 Å². The molecule has 0 bridgehead atoms. The van der Waals surface area contributed by atoms with Crippen molar-refractivity contribution in [1.82, 2.24) is 15.3 Å². The van der Waals surface area contributed by atoms with Gasteiger partial charge in [-0.3, -0.25) is 4.79 Å². The molecule has 19 heavy (non-hydrogen) atoms. The third kappa shape index (κ3) is 3.42. The normalized spacial score (nSPS) is 10.2. The monoisotopic (exact) mass is 277 g/mol. The lowest BCUT2D eigenvalue weighted by molar-refractivity contribution is 0.0947. The Bertz CT molecular complexity index is 617. The second-order valence-electron chi connectivity index (χ2n) is 3.94. The van der Waals surface area contributed by atoms with Crippen molar-refractivity contribution in [3.05, 3.63) is 52.6 Å². The van der Waals surface area contributed by atoms with Crippen LogP contribution in [0, 0.1) is 6.92 Å². The van der Waals surface area contributed by atoms with Gasteiger partial charge in [0, 0.05) is 11.2 Å². The molecule has 1 heterocycles. The molecule has 5 nitrogen and oxygen atoms in total. The number of halogens is 1. The molecule has 0 unspecified atom stereocenters. The second kappa shape index (κ2) is 5.67. The molecule has 1 amide bonds. The van der Waals surface area contributed by atoms with Crippen molar-refractivity contribution in [3.63, 3.8) is 0 Å². The predicted octanol–water partition coefficient (Wildman–Crippen LogP) is 2.07. The maximum Gasteiger partial charge on any atom is 0.255 e. The molecule has 98 valence electrons. The van der Waals surface area contributed by atoms with Crippen LogP contribution in [0.25, 0.3) is 0 Å². The van der Waals surface area contributed by atoms with Crippen LogP contribution in [0.3, 0.4) is 0 Å². The summed E-state index contributed by atoms with van der Waals surface area (Å²) < 4.78 is 0. The molecule has 0 atom stereocenters. The molecule has 0 aliphatic carbocycles. The number of phenolic OH excluding ortho intramolecular Hbond substituents is 1. The molecule has 2 rings (SSSR count). The number of rotatable bonds is 3. The number of benzene rings is 1. The van der Waals surface area contributed by atoms with Crippen molar-refractivity contribution < 1.29 is 9.90 Å². The van der Waals surface area contributed by atoms with Crippen molar-refractivity contribution in [1.29, 1.82) is 0 Å². The van der Waals surface area contributed by atoms with Gasteiger partial charge < -0.3 is 10.4 Å². The first-order valence-corrected chi connectivity index (χ1v) is 5.99. The van der Waals surface area contributed by atoms with Crippen LogP contribution in [0.5, 0.6) is 5.75 Å². The van der Waals surface area contributed by atoms with Crippen molar-refractivity contribution in [2.75, 3.05) is 0 Å². The minimum atomic E-state index is -0.406. The second-order valence-corrected chi connectivity index (χ2v) is 4.38. The highest BCUT2D eigenvalue weighted by Crippen LogP contribution is 2.21. The zero-order chi connectivity index (χ0) is 13.8. The summed E-state index contributed by atoms with van der Waals surface area (Å²) in [5, 5.41) is 12.7. The summed E-state index contributed by atoms with van der Waals surface area (Å²) in [5.74, 6) is 0.120. The first-order valence-electron chi connectivity index (χ1n) is 5.61. The molecular weight excluding hydrogens is 266 g/mol. The number of aryl methyl sites for hydroxylation is 1. The maximum atomic E-state index is 11.9. The van der Waals surface area contributed by atoms with E-state index in [2.05, 4.69) is 15.3 Å². The number of amides is 1. The van der Waals surface area contributed by atoms with Crippen LogP contribution < -0.4 is 5.32 Å². The van der Waals surface area contributed by atoms with Gasteiger partial charge in [-0.15, -0.1) is 0 Å². The van der Waals surface area contributed by atoms with E-state index in [1.165, 1.54) is 18.2 Å². The molecule has 0 aliphatic heterocycles. The zero-order valence-corrected chi connectivity index (χ0v) is 11.0. The summed E-state index contributed by atoms with van der Waals surface area (Å²) in [6.45, 7) is 2.03. The van der Waals surface area contributed by atoms with Crippen LogP contribution >= 0.6 is 11.6 Å². The Hall–Kier alpha value is -2.14. The van der Waals surface area contributed by atoms with E-state index in [-0.39, 0.29) is 17.9 Å². The lowest BCUT2D eigenvalue weighted by Gasteiger charge is -2.07. The van der Waals surface area contributed by atoms with Gasteiger partial charge in [0.15, 0.2) is 0 Å². The SMILES string of the molecule is Cc1nccc(CNC(=O)c2cc(Cl)ccc2O)n1. The first kappa shape index (κ1) is 13.3. The number of hydrogen-bond acceptors (Lipinski definition) is 4. The molecule has 0 saturated heterocycles. The van der Waals surface area contributed by atoms with Crippen LogP contribution in [0.4, 0.5) is 0 Å². The minimum absolute atomic E-state index is 0.110. The van der Waals surface area contributed by atoms with E-state index >= 15 is 0 Å². The van der Waals surface area contributed by atoms with Gasteiger partial charge in [-0.05, 0) is 31.2 Å². The summed E-state index contributed by atoms with van der Waals surface area (Å²) in [6.07, 6.45) is 1.63. The summed E-state index contributed by atoms with van der Waals surface area (Å²) in [7, 11) is 0. The number of hydrogen-bond donors (Lipinski definition) is 2. The molecule has 0 radical (unpaired) electrons. The number of carbonyl (C=O) groups excluding carboxylic acids is 1. The van der Waals surface area contributed by atoms with Crippen molar-refractivity contribution >= 4 is 17.5 Å². The summed E-state index contributed by atoms with van der Waals surface area (Å²) in [4.78, 5) is 20.0. The number of nitrogens with one attached hydrogen (secondary N) is 1. The minimum Gasteiger partial charge on any atom is -0.507 e. The maximum absolute atomic E-state index is 11.9. The van der Waals surface area contributed by atoms with Gasteiger partial charge in [-0.1, -0.05) is 11.6 Å². The van der Waals surface area contributed by atoms with Crippen molar-refractivity contribution in [2.24, 2.45) is 0 Å². The fourth-order valence-corrected chi connectivity index (χ4v) is 1.73. The lowest BCUT2D eigenvalue weighted by Crippen LogP contribution is -2.23. The summed E-state index contributed by atoms with van der Waals surface area (Å²) >= 11 is 5.79. The smallest absolute Gasteiger partial charge is 0.255 e. The van der Waals surface area contributed by atoms with Crippen LogP contribution in [0.1, 0.15) is 21.9 Å².